The van der Waals surface area contributed by atoms with Crippen LogP contribution in [0.5, 0.6) is 0 Å². The van der Waals surface area contributed by atoms with Crippen LogP contribution in [0.25, 0.3) is 10.2 Å². The van der Waals surface area contributed by atoms with E-state index in [2.05, 4.69) is 16.0 Å². The molecule has 0 aliphatic rings. The van der Waals surface area contributed by atoms with Gasteiger partial charge in [0.15, 0.2) is 4.34 Å². The number of para-hydroxylation sites is 1. The first kappa shape index (κ1) is 16.4. The van der Waals surface area contributed by atoms with Crippen molar-refractivity contribution < 1.29 is 4.79 Å². The van der Waals surface area contributed by atoms with Crippen molar-refractivity contribution in [2.75, 3.05) is 12.8 Å². The topological polar surface area (TPSA) is 46.1 Å². The highest BCUT2D eigenvalue weighted by molar-refractivity contribution is 8.01. The molecule has 1 unspecified atom stereocenters. The number of aromatic nitrogens is 2. The minimum atomic E-state index is -0.0291. The van der Waals surface area contributed by atoms with Gasteiger partial charge in [0.25, 0.3) is 0 Å². The molecule has 1 atom stereocenters. The molecule has 3 rings (SSSR count). The molecule has 3 aromatic rings. The van der Waals surface area contributed by atoms with E-state index in [1.165, 1.54) is 11.8 Å². The Morgan fingerprint density at radius 3 is 2.83 bits per heavy atom. The Hall–Kier alpha value is -1.44. The number of thioether (sulfide) groups is 1. The summed E-state index contributed by atoms with van der Waals surface area (Å²) in [7, 11) is 1.84. The van der Waals surface area contributed by atoms with Crippen molar-refractivity contribution in [3.63, 3.8) is 0 Å². The Labute approximate surface area is 147 Å². The monoisotopic (exact) mass is 363 g/mol. The first-order valence-electron chi connectivity index (χ1n) is 7.20. The summed E-state index contributed by atoms with van der Waals surface area (Å²) in [4.78, 5) is 23.2. The van der Waals surface area contributed by atoms with Crippen LogP contribution in [0.15, 0.2) is 34.0 Å². The van der Waals surface area contributed by atoms with Crippen molar-refractivity contribution in [1.82, 2.24) is 14.9 Å². The van der Waals surface area contributed by atoms with Crippen LogP contribution in [0.1, 0.15) is 23.7 Å². The molecule has 0 saturated carbocycles. The Kier molecular flexibility index (Phi) is 4.99. The van der Waals surface area contributed by atoms with Gasteiger partial charge in [-0.3, -0.25) is 4.79 Å². The number of fused-ring (bicyclic) bond motifs is 1. The minimum Gasteiger partial charge on any atom is -0.336 e. The summed E-state index contributed by atoms with van der Waals surface area (Å²) in [5.74, 6) is 0.494. The number of nitrogens with zero attached hydrogens (tertiary/aromatic N) is 3. The first-order chi connectivity index (χ1) is 11.0. The van der Waals surface area contributed by atoms with Crippen LogP contribution in [0.3, 0.4) is 0 Å². The number of carbonyl (C=O) groups excluding carboxylic acids is 1. The Morgan fingerprint density at radius 2 is 2.13 bits per heavy atom. The molecule has 0 spiro atoms. The molecule has 4 nitrogen and oxygen atoms in total. The number of benzene rings is 1. The molecule has 0 saturated heterocycles. The fourth-order valence-corrected chi connectivity index (χ4v) is 4.91. The zero-order valence-electron chi connectivity index (χ0n) is 13.1. The van der Waals surface area contributed by atoms with E-state index >= 15 is 0 Å². The van der Waals surface area contributed by atoms with Gasteiger partial charge in [-0.15, -0.1) is 22.7 Å². The zero-order valence-corrected chi connectivity index (χ0v) is 15.6. The molecule has 1 aromatic carbocycles. The van der Waals surface area contributed by atoms with Crippen molar-refractivity contribution in [2.24, 2.45) is 0 Å². The van der Waals surface area contributed by atoms with Gasteiger partial charge in [-0.25, -0.2) is 9.97 Å². The van der Waals surface area contributed by atoms with Crippen LogP contribution in [-0.2, 0) is 4.79 Å². The van der Waals surface area contributed by atoms with Crippen LogP contribution in [0, 0.1) is 6.92 Å². The number of thiazole rings is 2. The molecule has 0 aliphatic carbocycles. The first-order valence-corrected chi connectivity index (χ1v) is 9.89. The van der Waals surface area contributed by atoms with Gasteiger partial charge in [0.2, 0.25) is 5.91 Å². The average molecular weight is 364 g/mol. The Morgan fingerprint density at radius 1 is 1.35 bits per heavy atom. The Bertz CT molecular complexity index is 794. The third kappa shape index (κ3) is 3.73. The van der Waals surface area contributed by atoms with Gasteiger partial charge in [-0.2, -0.15) is 0 Å². The molecule has 0 aliphatic heterocycles. The number of hydrogen-bond acceptors (Lipinski definition) is 6. The highest BCUT2D eigenvalue weighted by Crippen LogP contribution is 2.29. The molecule has 7 heteroatoms. The maximum absolute atomic E-state index is 12.4. The summed E-state index contributed by atoms with van der Waals surface area (Å²) in [6.07, 6.45) is 0. The molecule has 0 radical (unpaired) electrons. The summed E-state index contributed by atoms with van der Waals surface area (Å²) < 4.78 is 2.10. The molecule has 2 heterocycles. The average Bonchev–Trinajstić information content (AvgIpc) is 3.16. The number of carbonyl (C=O) groups is 1. The van der Waals surface area contributed by atoms with Gasteiger partial charge < -0.3 is 4.90 Å². The summed E-state index contributed by atoms with van der Waals surface area (Å²) >= 11 is 4.72. The largest absolute Gasteiger partial charge is 0.336 e. The maximum atomic E-state index is 12.4. The van der Waals surface area contributed by atoms with Crippen molar-refractivity contribution in [1.29, 1.82) is 0 Å². The van der Waals surface area contributed by atoms with Crippen LogP contribution in [-0.4, -0.2) is 33.6 Å². The van der Waals surface area contributed by atoms with E-state index in [0.717, 1.165) is 25.3 Å². The standard InChI is InChI=1S/C16H17N3OS3/c1-10-8-21-16(17-10)22-9-14(20)19(3)11(2)15-18-12-6-4-5-7-13(12)23-15/h4-8,11H,9H2,1-3H3. The molecule has 23 heavy (non-hydrogen) atoms. The van der Waals surface area contributed by atoms with Gasteiger partial charge in [-0.1, -0.05) is 23.9 Å². The third-order valence-electron chi connectivity index (χ3n) is 3.56. The SMILES string of the molecule is Cc1csc(SCC(=O)N(C)C(C)c2nc3ccccc3s2)n1. The molecule has 1 amide bonds. The fraction of sp³-hybridized carbons (Fsp3) is 0.312. The second-order valence-electron chi connectivity index (χ2n) is 5.24. The maximum Gasteiger partial charge on any atom is 0.233 e. The van der Waals surface area contributed by atoms with Crippen LogP contribution in [0.4, 0.5) is 0 Å². The fourth-order valence-electron chi connectivity index (χ4n) is 2.07. The number of rotatable bonds is 5. The lowest BCUT2D eigenvalue weighted by atomic mass is 10.3. The molecule has 0 bridgehead atoms. The third-order valence-corrected chi connectivity index (χ3v) is 6.89. The molecular weight excluding hydrogens is 346 g/mol. The molecule has 120 valence electrons. The van der Waals surface area contributed by atoms with Gasteiger partial charge in [0.05, 0.1) is 22.0 Å². The molecular formula is C16H17N3OS3. The van der Waals surface area contributed by atoms with Gasteiger partial charge in [-0.05, 0) is 26.0 Å². The van der Waals surface area contributed by atoms with E-state index in [1.807, 2.05) is 44.5 Å². The van der Waals surface area contributed by atoms with Crippen LogP contribution in [0.2, 0.25) is 0 Å². The second-order valence-corrected chi connectivity index (χ2v) is 8.39. The number of aryl methyl sites for hydroxylation is 1. The summed E-state index contributed by atoms with van der Waals surface area (Å²) in [5, 5.41) is 2.97. The van der Waals surface area contributed by atoms with Gasteiger partial charge in [0.1, 0.15) is 5.01 Å². The summed E-state index contributed by atoms with van der Waals surface area (Å²) in [6.45, 7) is 3.98. The van der Waals surface area contributed by atoms with E-state index in [-0.39, 0.29) is 11.9 Å². The predicted octanol–water partition coefficient (Wildman–Crippen LogP) is 4.37. The highest BCUT2D eigenvalue weighted by Gasteiger charge is 2.21. The smallest absolute Gasteiger partial charge is 0.233 e. The summed E-state index contributed by atoms with van der Waals surface area (Å²) in [6, 6.07) is 8.03. The van der Waals surface area contributed by atoms with E-state index in [1.54, 1.807) is 27.6 Å². The zero-order chi connectivity index (χ0) is 16.4. The van der Waals surface area contributed by atoms with E-state index in [9.17, 15) is 4.79 Å². The highest BCUT2D eigenvalue weighted by atomic mass is 32.2. The van der Waals surface area contributed by atoms with Crippen molar-refractivity contribution in [3.05, 3.63) is 40.3 Å². The van der Waals surface area contributed by atoms with Crippen LogP contribution < -0.4 is 0 Å². The quantitative estimate of drug-likeness (QED) is 0.631. The lowest BCUT2D eigenvalue weighted by Crippen LogP contribution is -2.31. The number of hydrogen-bond donors (Lipinski definition) is 0. The lowest BCUT2D eigenvalue weighted by Gasteiger charge is -2.22. The van der Waals surface area contributed by atoms with Gasteiger partial charge >= 0.3 is 0 Å². The van der Waals surface area contributed by atoms with Crippen molar-refractivity contribution in [3.8, 4) is 0 Å². The van der Waals surface area contributed by atoms with Crippen molar-refractivity contribution in [2.45, 2.75) is 24.2 Å². The van der Waals surface area contributed by atoms with E-state index in [4.69, 9.17) is 0 Å². The normalized spacial score (nSPS) is 12.5. The lowest BCUT2D eigenvalue weighted by molar-refractivity contribution is -0.128. The van der Waals surface area contributed by atoms with Crippen LogP contribution >= 0.6 is 34.4 Å². The molecule has 2 aromatic heterocycles. The molecule has 0 N–H and O–H groups in total. The predicted molar refractivity (Wildman–Crippen MR) is 98.4 cm³/mol. The van der Waals surface area contributed by atoms with E-state index < -0.39 is 0 Å². The summed E-state index contributed by atoms with van der Waals surface area (Å²) in [5.41, 5.74) is 1.99. The van der Waals surface area contributed by atoms with Crippen molar-refractivity contribution >= 4 is 50.6 Å². The van der Waals surface area contributed by atoms with E-state index in [0.29, 0.717) is 5.75 Å². The molecule has 0 fully saturated rings. The van der Waals surface area contributed by atoms with Gasteiger partial charge in [0, 0.05) is 18.1 Å². The minimum absolute atomic E-state index is 0.0291. The Balaban J connectivity index is 1.65. The number of amides is 1. The second kappa shape index (κ2) is 6.98.